The fourth-order valence-electron chi connectivity index (χ4n) is 1.62. The van der Waals surface area contributed by atoms with Crippen LogP contribution in [0.15, 0.2) is 36.4 Å². The summed E-state index contributed by atoms with van der Waals surface area (Å²) in [4.78, 5) is 14.3. The zero-order valence-electron chi connectivity index (χ0n) is 9.41. The Kier molecular flexibility index (Phi) is 3.33. The van der Waals surface area contributed by atoms with Crippen molar-refractivity contribution in [1.82, 2.24) is 4.98 Å². The van der Waals surface area contributed by atoms with Crippen LogP contribution in [-0.2, 0) is 6.18 Å². The van der Waals surface area contributed by atoms with Gasteiger partial charge in [-0.3, -0.25) is 4.79 Å². The van der Waals surface area contributed by atoms with Crippen LogP contribution in [0.25, 0.3) is 11.3 Å². The molecule has 1 aromatic carbocycles. The van der Waals surface area contributed by atoms with Crippen molar-refractivity contribution in [2.24, 2.45) is 0 Å². The van der Waals surface area contributed by atoms with Crippen molar-refractivity contribution in [3.63, 3.8) is 0 Å². The van der Waals surface area contributed by atoms with Crippen LogP contribution in [0, 0.1) is 5.95 Å². The topological polar surface area (TPSA) is 30.0 Å². The molecule has 0 atom stereocenters. The van der Waals surface area contributed by atoms with E-state index in [1.54, 1.807) is 0 Å². The maximum Gasteiger partial charge on any atom is 0.416 e. The molecule has 0 aliphatic carbocycles. The van der Waals surface area contributed by atoms with Gasteiger partial charge in [-0.15, -0.1) is 0 Å². The molecular weight excluding hydrogens is 262 g/mol. The predicted octanol–water partition coefficient (Wildman–Crippen LogP) is 3.72. The molecule has 0 fully saturated rings. The van der Waals surface area contributed by atoms with Crippen molar-refractivity contribution in [2.75, 3.05) is 0 Å². The summed E-state index contributed by atoms with van der Waals surface area (Å²) < 4.78 is 50.8. The van der Waals surface area contributed by atoms with Crippen LogP contribution in [0.4, 0.5) is 17.6 Å². The van der Waals surface area contributed by atoms with Crippen LogP contribution < -0.4 is 0 Å². The van der Waals surface area contributed by atoms with E-state index in [0.29, 0.717) is 6.29 Å². The molecule has 0 unspecified atom stereocenters. The number of carbonyl (C=O) groups is 1. The predicted molar refractivity (Wildman–Crippen MR) is 60.0 cm³/mol. The zero-order valence-corrected chi connectivity index (χ0v) is 9.41. The highest BCUT2D eigenvalue weighted by Crippen LogP contribution is 2.32. The Bertz CT molecular complexity index is 622. The van der Waals surface area contributed by atoms with Crippen molar-refractivity contribution >= 4 is 6.29 Å². The van der Waals surface area contributed by atoms with E-state index < -0.39 is 17.7 Å². The minimum absolute atomic E-state index is 0.0284. The quantitative estimate of drug-likeness (QED) is 0.472. The molecule has 0 bridgehead atoms. The van der Waals surface area contributed by atoms with Crippen LogP contribution in [0.2, 0.25) is 0 Å². The molecule has 0 saturated heterocycles. The highest BCUT2D eigenvalue weighted by molar-refractivity contribution is 5.85. The van der Waals surface area contributed by atoms with Crippen LogP contribution >= 0.6 is 0 Å². The SMILES string of the molecule is O=Cc1ccc(F)nc1-c1cccc(C(F)(F)F)c1. The molecule has 0 radical (unpaired) electrons. The van der Waals surface area contributed by atoms with Crippen LogP contribution in [0.3, 0.4) is 0 Å². The first kappa shape index (κ1) is 13.2. The molecule has 98 valence electrons. The van der Waals surface area contributed by atoms with Crippen molar-refractivity contribution in [2.45, 2.75) is 6.18 Å². The van der Waals surface area contributed by atoms with Crippen LogP contribution in [0.1, 0.15) is 15.9 Å². The van der Waals surface area contributed by atoms with Crippen LogP contribution in [-0.4, -0.2) is 11.3 Å². The molecule has 1 aromatic heterocycles. The highest BCUT2D eigenvalue weighted by atomic mass is 19.4. The van der Waals surface area contributed by atoms with Gasteiger partial charge in [0.1, 0.15) is 0 Å². The molecule has 19 heavy (non-hydrogen) atoms. The summed E-state index contributed by atoms with van der Waals surface area (Å²) in [6.45, 7) is 0. The van der Waals surface area contributed by atoms with E-state index in [4.69, 9.17) is 0 Å². The Morgan fingerprint density at radius 3 is 2.47 bits per heavy atom. The lowest BCUT2D eigenvalue weighted by atomic mass is 10.0. The minimum Gasteiger partial charge on any atom is -0.298 e. The average Bonchev–Trinajstić information content (AvgIpc) is 2.38. The maximum absolute atomic E-state index is 13.1. The van der Waals surface area contributed by atoms with Gasteiger partial charge in [0, 0.05) is 11.1 Å². The summed E-state index contributed by atoms with van der Waals surface area (Å²) in [5.74, 6) is -0.863. The highest BCUT2D eigenvalue weighted by Gasteiger charge is 2.30. The van der Waals surface area contributed by atoms with Crippen molar-refractivity contribution in [3.05, 3.63) is 53.5 Å². The first-order valence-corrected chi connectivity index (χ1v) is 5.21. The molecule has 0 aliphatic heterocycles. The molecule has 2 rings (SSSR count). The number of aromatic nitrogens is 1. The third-order valence-corrected chi connectivity index (χ3v) is 2.48. The van der Waals surface area contributed by atoms with E-state index in [-0.39, 0.29) is 16.8 Å². The number of halogens is 4. The molecule has 0 aliphatic rings. The molecule has 0 amide bonds. The number of aldehydes is 1. The summed E-state index contributed by atoms with van der Waals surface area (Å²) >= 11 is 0. The number of rotatable bonds is 2. The number of hydrogen-bond acceptors (Lipinski definition) is 2. The number of hydrogen-bond donors (Lipinski definition) is 0. The summed E-state index contributed by atoms with van der Waals surface area (Å²) in [6.07, 6.45) is -4.09. The van der Waals surface area contributed by atoms with Gasteiger partial charge in [0.15, 0.2) is 6.29 Å². The Balaban J connectivity index is 2.59. The van der Waals surface area contributed by atoms with Gasteiger partial charge < -0.3 is 0 Å². The third-order valence-electron chi connectivity index (χ3n) is 2.48. The minimum atomic E-state index is -4.51. The van der Waals surface area contributed by atoms with Gasteiger partial charge in [-0.2, -0.15) is 17.6 Å². The second kappa shape index (κ2) is 4.79. The Morgan fingerprint density at radius 1 is 1.11 bits per heavy atom. The Hall–Kier alpha value is -2.24. The van der Waals surface area contributed by atoms with Gasteiger partial charge >= 0.3 is 6.18 Å². The average molecular weight is 269 g/mol. The molecular formula is C13H7F4NO. The van der Waals surface area contributed by atoms with Gasteiger partial charge in [0.2, 0.25) is 5.95 Å². The molecule has 6 heteroatoms. The van der Waals surface area contributed by atoms with Crippen molar-refractivity contribution < 1.29 is 22.4 Å². The standard InChI is InChI=1S/C13H7F4NO/c14-11-5-4-9(7-19)12(18-11)8-2-1-3-10(6-8)13(15,16)17/h1-7H. The van der Waals surface area contributed by atoms with Crippen molar-refractivity contribution in [1.29, 1.82) is 0 Å². The van der Waals surface area contributed by atoms with Gasteiger partial charge in [-0.1, -0.05) is 12.1 Å². The van der Waals surface area contributed by atoms with Gasteiger partial charge in [0.25, 0.3) is 0 Å². The third kappa shape index (κ3) is 2.78. The number of nitrogens with zero attached hydrogens (tertiary/aromatic N) is 1. The lowest BCUT2D eigenvalue weighted by Crippen LogP contribution is -2.05. The summed E-state index contributed by atoms with van der Waals surface area (Å²) in [7, 11) is 0. The second-order valence-corrected chi connectivity index (χ2v) is 3.77. The second-order valence-electron chi connectivity index (χ2n) is 3.77. The Labute approximate surface area is 105 Å². The van der Waals surface area contributed by atoms with Gasteiger partial charge in [0.05, 0.1) is 11.3 Å². The molecule has 0 N–H and O–H groups in total. The summed E-state index contributed by atoms with van der Waals surface area (Å²) in [5.41, 5.74) is -0.925. The van der Waals surface area contributed by atoms with E-state index in [2.05, 4.69) is 4.98 Å². The van der Waals surface area contributed by atoms with E-state index in [1.807, 2.05) is 0 Å². The smallest absolute Gasteiger partial charge is 0.298 e. The summed E-state index contributed by atoms with van der Waals surface area (Å²) in [6, 6.07) is 6.38. The van der Waals surface area contributed by atoms with Crippen molar-refractivity contribution in [3.8, 4) is 11.3 Å². The largest absolute Gasteiger partial charge is 0.416 e. The fourth-order valence-corrected chi connectivity index (χ4v) is 1.62. The first-order chi connectivity index (χ1) is 8.91. The monoisotopic (exact) mass is 269 g/mol. The molecule has 1 heterocycles. The first-order valence-electron chi connectivity index (χ1n) is 5.21. The lowest BCUT2D eigenvalue weighted by Gasteiger charge is -2.09. The van der Waals surface area contributed by atoms with Gasteiger partial charge in [-0.05, 0) is 24.3 Å². The van der Waals surface area contributed by atoms with E-state index in [1.165, 1.54) is 18.2 Å². The van der Waals surface area contributed by atoms with E-state index in [0.717, 1.165) is 18.2 Å². The van der Waals surface area contributed by atoms with Gasteiger partial charge in [-0.25, -0.2) is 4.98 Å². The molecule has 0 spiro atoms. The van der Waals surface area contributed by atoms with Crippen LogP contribution in [0.5, 0.6) is 0 Å². The fraction of sp³-hybridized carbons (Fsp3) is 0.0769. The normalized spacial score (nSPS) is 11.4. The zero-order chi connectivity index (χ0) is 14.0. The van der Waals surface area contributed by atoms with E-state index >= 15 is 0 Å². The summed E-state index contributed by atoms with van der Waals surface area (Å²) in [5, 5.41) is 0. The number of alkyl halides is 3. The number of carbonyl (C=O) groups excluding carboxylic acids is 1. The number of pyridine rings is 1. The molecule has 2 aromatic rings. The molecule has 0 saturated carbocycles. The maximum atomic E-state index is 13.1. The molecule has 2 nitrogen and oxygen atoms in total. The Morgan fingerprint density at radius 2 is 1.84 bits per heavy atom. The lowest BCUT2D eigenvalue weighted by molar-refractivity contribution is -0.137. The number of benzene rings is 1. The van der Waals surface area contributed by atoms with E-state index in [9.17, 15) is 22.4 Å².